The fourth-order valence-electron chi connectivity index (χ4n) is 2.72. The molecule has 4 aromatic rings. The molecule has 0 saturated heterocycles. The van der Waals surface area contributed by atoms with Crippen molar-refractivity contribution >= 4 is 27.8 Å². The maximum absolute atomic E-state index is 12.2. The predicted octanol–water partition coefficient (Wildman–Crippen LogP) is 1.98. The van der Waals surface area contributed by atoms with E-state index in [9.17, 15) is 9.59 Å². The van der Waals surface area contributed by atoms with Crippen LogP contribution < -0.4 is 11.0 Å². The highest BCUT2D eigenvalue weighted by Gasteiger charge is 2.08. The van der Waals surface area contributed by atoms with Crippen LogP contribution in [0.3, 0.4) is 0 Å². The topological polar surface area (TPSA) is 92.7 Å². The van der Waals surface area contributed by atoms with Crippen LogP contribution in [0.5, 0.6) is 0 Å². The Bertz CT molecular complexity index is 1130. The molecular formula is C18H15N5O2. The number of aryl methyl sites for hydroxylation is 1. The van der Waals surface area contributed by atoms with Crippen LogP contribution in [-0.2, 0) is 11.2 Å². The minimum Gasteiger partial charge on any atom is -0.310 e. The Kier molecular flexibility index (Phi) is 3.74. The summed E-state index contributed by atoms with van der Waals surface area (Å²) in [4.78, 5) is 35.6. The van der Waals surface area contributed by atoms with Gasteiger partial charge in [-0.1, -0.05) is 24.3 Å². The van der Waals surface area contributed by atoms with Gasteiger partial charge in [0.15, 0.2) is 0 Å². The minimum atomic E-state index is -0.193. The molecular weight excluding hydrogens is 318 g/mol. The van der Waals surface area contributed by atoms with E-state index in [-0.39, 0.29) is 17.9 Å². The molecule has 0 aliphatic carbocycles. The van der Waals surface area contributed by atoms with E-state index < -0.39 is 0 Å². The van der Waals surface area contributed by atoms with Crippen LogP contribution in [-0.4, -0.2) is 25.5 Å². The largest absolute Gasteiger partial charge is 0.310 e. The molecule has 0 radical (unpaired) electrons. The number of carbonyl (C=O) groups excluding carboxylic acids is 1. The van der Waals surface area contributed by atoms with E-state index in [1.165, 1.54) is 0 Å². The van der Waals surface area contributed by atoms with Crippen LogP contribution >= 0.6 is 0 Å². The second-order valence-electron chi connectivity index (χ2n) is 5.67. The van der Waals surface area contributed by atoms with Gasteiger partial charge in [0.1, 0.15) is 12.2 Å². The summed E-state index contributed by atoms with van der Waals surface area (Å²) < 4.78 is 1.59. The number of nitrogens with zero attached hydrogens (tertiary/aromatic N) is 3. The average molecular weight is 333 g/mol. The maximum atomic E-state index is 12.2. The molecule has 0 aliphatic heterocycles. The highest BCUT2D eigenvalue weighted by Crippen LogP contribution is 2.10. The Morgan fingerprint density at radius 1 is 1.08 bits per heavy atom. The van der Waals surface area contributed by atoms with Gasteiger partial charge in [-0.05, 0) is 24.3 Å². The molecule has 124 valence electrons. The normalized spacial score (nSPS) is 11.0. The van der Waals surface area contributed by atoms with Crippen molar-refractivity contribution in [2.75, 3.05) is 5.43 Å². The number of aromatic nitrogens is 4. The molecule has 0 aliphatic rings. The Morgan fingerprint density at radius 3 is 2.72 bits per heavy atom. The number of imidazole rings is 1. The number of carbonyl (C=O) groups is 1. The van der Waals surface area contributed by atoms with Crippen LogP contribution in [0.4, 0.5) is 0 Å². The van der Waals surface area contributed by atoms with Crippen molar-refractivity contribution in [3.63, 3.8) is 0 Å². The summed E-state index contributed by atoms with van der Waals surface area (Å²) in [6.07, 6.45) is 2.12. The van der Waals surface area contributed by atoms with Gasteiger partial charge in [-0.3, -0.25) is 15.0 Å². The van der Waals surface area contributed by atoms with Gasteiger partial charge in [0.2, 0.25) is 5.91 Å². The van der Waals surface area contributed by atoms with Gasteiger partial charge >= 0.3 is 0 Å². The molecule has 0 saturated carbocycles. The third kappa shape index (κ3) is 2.99. The lowest BCUT2D eigenvalue weighted by molar-refractivity contribution is -0.117. The van der Waals surface area contributed by atoms with Crippen molar-refractivity contribution in [2.24, 2.45) is 0 Å². The van der Waals surface area contributed by atoms with E-state index in [0.29, 0.717) is 23.1 Å². The van der Waals surface area contributed by atoms with Crippen molar-refractivity contribution < 1.29 is 4.79 Å². The molecule has 25 heavy (non-hydrogen) atoms. The molecule has 2 aromatic carbocycles. The summed E-state index contributed by atoms with van der Waals surface area (Å²) in [5.41, 5.74) is 4.85. The van der Waals surface area contributed by atoms with Crippen molar-refractivity contribution in [3.05, 3.63) is 71.0 Å². The number of aromatic amines is 1. The Morgan fingerprint density at radius 2 is 1.84 bits per heavy atom. The summed E-state index contributed by atoms with van der Waals surface area (Å²) in [7, 11) is 0. The molecule has 7 nitrogen and oxygen atoms in total. The first-order valence-corrected chi connectivity index (χ1v) is 7.90. The van der Waals surface area contributed by atoms with E-state index in [2.05, 4.69) is 20.4 Å². The lowest BCUT2D eigenvalue weighted by Crippen LogP contribution is -2.23. The van der Waals surface area contributed by atoms with Gasteiger partial charge in [-0.2, -0.15) is 0 Å². The monoisotopic (exact) mass is 333 g/mol. The Labute approximate surface area is 142 Å². The van der Waals surface area contributed by atoms with Gasteiger partial charge in [-0.15, -0.1) is 0 Å². The summed E-state index contributed by atoms with van der Waals surface area (Å²) in [6.45, 7) is 0. The quantitative estimate of drug-likeness (QED) is 0.597. The number of benzene rings is 2. The van der Waals surface area contributed by atoms with Gasteiger partial charge in [0.05, 0.1) is 21.9 Å². The van der Waals surface area contributed by atoms with Crippen LogP contribution in [0.1, 0.15) is 12.2 Å². The number of amides is 1. The predicted molar refractivity (Wildman–Crippen MR) is 94.8 cm³/mol. The van der Waals surface area contributed by atoms with Gasteiger partial charge in [0, 0.05) is 12.8 Å². The molecule has 1 amide bonds. The molecule has 0 fully saturated rings. The van der Waals surface area contributed by atoms with Crippen LogP contribution in [0.25, 0.3) is 21.9 Å². The average Bonchev–Trinajstić information content (AvgIpc) is 3.03. The SMILES string of the molecule is O=C(CCc1nc2ccccc2c(=O)[nH]1)Nn1cnc2ccccc21. The fourth-order valence-corrected chi connectivity index (χ4v) is 2.72. The zero-order chi connectivity index (χ0) is 17.2. The molecule has 7 heteroatoms. The molecule has 2 heterocycles. The fraction of sp³-hybridized carbons (Fsp3) is 0.111. The zero-order valence-electron chi connectivity index (χ0n) is 13.3. The summed E-state index contributed by atoms with van der Waals surface area (Å²) in [5.74, 6) is 0.313. The van der Waals surface area contributed by atoms with Gasteiger partial charge in [-0.25, -0.2) is 14.6 Å². The van der Waals surface area contributed by atoms with Crippen LogP contribution in [0.15, 0.2) is 59.7 Å². The first-order valence-electron chi connectivity index (χ1n) is 7.90. The lowest BCUT2D eigenvalue weighted by Gasteiger charge is -2.07. The second-order valence-corrected chi connectivity index (χ2v) is 5.67. The maximum Gasteiger partial charge on any atom is 0.258 e. The number of H-pyrrole nitrogens is 1. The number of para-hydroxylation sites is 3. The minimum absolute atomic E-state index is 0.182. The van der Waals surface area contributed by atoms with E-state index in [4.69, 9.17) is 0 Å². The molecule has 0 unspecified atom stereocenters. The number of nitrogens with one attached hydrogen (secondary N) is 2. The van der Waals surface area contributed by atoms with Crippen LogP contribution in [0.2, 0.25) is 0 Å². The molecule has 2 N–H and O–H groups in total. The summed E-state index contributed by atoms with van der Waals surface area (Å²) in [6, 6.07) is 14.7. The molecule has 0 atom stereocenters. The van der Waals surface area contributed by atoms with Gasteiger partial charge < -0.3 is 4.98 Å². The van der Waals surface area contributed by atoms with Crippen molar-refractivity contribution in [1.82, 2.24) is 19.6 Å². The first kappa shape index (κ1) is 15.1. The molecule has 2 aromatic heterocycles. The number of fused-ring (bicyclic) bond motifs is 2. The van der Waals surface area contributed by atoms with Crippen molar-refractivity contribution in [1.29, 1.82) is 0 Å². The third-order valence-electron chi connectivity index (χ3n) is 3.95. The standard InChI is InChI=1S/C18H15N5O2/c24-17(22-23-11-19-14-7-3-4-8-15(14)23)10-9-16-20-13-6-2-1-5-12(13)18(25)21-16/h1-8,11H,9-10H2,(H,22,24)(H,20,21,25). The Hall–Kier alpha value is -3.48. The highest BCUT2D eigenvalue weighted by atomic mass is 16.2. The molecule has 4 rings (SSSR count). The second kappa shape index (κ2) is 6.20. The number of rotatable bonds is 4. The first-order chi connectivity index (χ1) is 12.2. The van der Waals surface area contributed by atoms with Crippen molar-refractivity contribution in [2.45, 2.75) is 12.8 Å². The van der Waals surface area contributed by atoms with Gasteiger partial charge in [0.25, 0.3) is 5.56 Å². The van der Waals surface area contributed by atoms with Crippen LogP contribution in [0, 0.1) is 0 Å². The van der Waals surface area contributed by atoms with E-state index in [1.807, 2.05) is 30.3 Å². The number of hydrogen-bond acceptors (Lipinski definition) is 4. The zero-order valence-corrected chi connectivity index (χ0v) is 13.3. The highest BCUT2D eigenvalue weighted by molar-refractivity contribution is 5.86. The van der Waals surface area contributed by atoms with E-state index in [1.54, 1.807) is 29.2 Å². The number of hydrogen-bond donors (Lipinski definition) is 2. The van der Waals surface area contributed by atoms with Crippen molar-refractivity contribution in [3.8, 4) is 0 Å². The Balaban J connectivity index is 1.48. The summed E-state index contributed by atoms with van der Waals surface area (Å²) in [5, 5.41) is 0.542. The third-order valence-corrected chi connectivity index (χ3v) is 3.95. The summed E-state index contributed by atoms with van der Waals surface area (Å²) >= 11 is 0. The molecule has 0 spiro atoms. The smallest absolute Gasteiger partial charge is 0.258 e. The van der Waals surface area contributed by atoms with E-state index >= 15 is 0 Å². The van der Waals surface area contributed by atoms with E-state index in [0.717, 1.165) is 11.0 Å². The molecule has 0 bridgehead atoms. The lowest BCUT2D eigenvalue weighted by atomic mass is 10.2.